The Balaban J connectivity index is 2.71. The van der Waals surface area contributed by atoms with Crippen molar-refractivity contribution in [3.05, 3.63) is 23.8 Å². The topological polar surface area (TPSA) is 123 Å². The molecule has 0 saturated heterocycles. The van der Waals surface area contributed by atoms with Crippen molar-refractivity contribution in [3.63, 3.8) is 0 Å². The predicted octanol–water partition coefficient (Wildman–Crippen LogP) is 0.101. The summed E-state index contributed by atoms with van der Waals surface area (Å²) in [6.07, 6.45) is 0. The van der Waals surface area contributed by atoms with Gasteiger partial charge in [0.05, 0.1) is 11.4 Å². The third kappa shape index (κ3) is 5.21. The van der Waals surface area contributed by atoms with Gasteiger partial charge in [0.25, 0.3) is 0 Å². The van der Waals surface area contributed by atoms with Crippen LogP contribution in [-0.4, -0.2) is 17.5 Å². The summed E-state index contributed by atoms with van der Waals surface area (Å²) in [6.45, 7) is 1.80. The maximum absolute atomic E-state index is 10.4. The fraction of sp³-hybridized carbons (Fsp3) is 0.143. The highest BCUT2D eigenvalue weighted by molar-refractivity contribution is 7.77. The molecule has 8 nitrogen and oxygen atoms in total. The lowest BCUT2D eigenvalue weighted by Gasteiger charge is -2.11. The first-order valence-electron chi connectivity index (χ1n) is 4.34. The van der Waals surface area contributed by atoms with Gasteiger partial charge in [0.2, 0.25) is 22.5 Å². The standard InChI is InChI=1S/C7H12N4O4S2/c1-5-2-3-6(8-10-16(12)13)4-7(5)9-11-17(14)15/h2-4,8-11H,1H3,(H,12,13)(H,14,15). The minimum atomic E-state index is -2.18. The summed E-state index contributed by atoms with van der Waals surface area (Å²) in [7, 11) is 0. The first-order chi connectivity index (χ1) is 7.99. The van der Waals surface area contributed by atoms with Gasteiger partial charge in [-0.15, -0.1) is 9.66 Å². The van der Waals surface area contributed by atoms with Crippen LogP contribution >= 0.6 is 0 Å². The van der Waals surface area contributed by atoms with E-state index in [4.69, 9.17) is 9.11 Å². The van der Waals surface area contributed by atoms with E-state index in [1.54, 1.807) is 25.1 Å². The van der Waals surface area contributed by atoms with Crippen molar-refractivity contribution < 1.29 is 17.5 Å². The smallest absolute Gasteiger partial charge is 0.250 e. The average molecular weight is 280 g/mol. The number of anilines is 2. The summed E-state index contributed by atoms with van der Waals surface area (Å²) in [4.78, 5) is 4.21. The zero-order valence-corrected chi connectivity index (χ0v) is 10.4. The van der Waals surface area contributed by atoms with E-state index in [1.807, 2.05) is 0 Å². The molecule has 0 aliphatic heterocycles. The van der Waals surface area contributed by atoms with Gasteiger partial charge in [-0.05, 0) is 24.6 Å². The molecule has 6 N–H and O–H groups in total. The number of nitrogens with one attached hydrogen (secondary N) is 4. The molecule has 0 heterocycles. The molecule has 0 spiro atoms. The molecular weight excluding hydrogens is 268 g/mol. The van der Waals surface area contributed by atoms with Crippen molar-refractivity contribution in [1.82, 2.24) is 9.66 Å². The van der Waals surface area contributed by atoms with Crippen molar-refractivity contribution in [1.29, 1.82) is 0 Å². The van der Waals surface area contributed by atoms with Crippen molar-refractivity contribution in [2.24, 2.45) is 0 Å². The van der Waals surface area contributed by atoms with Crippen LogP contribution in [0.4, 0.5) is 11.4 Å². The second-order valence-electron chi connectivity index (χ2n) is 2.98. The zero-order chi connectivity index (χ0) is 12.8. The molecule has 0 aliphatic carbocycles. The summed E-state index contributed by atoms with van der Waals surface area (Å²) in [5.41, 5.74) is 6.94. The van der Waals surface area contributed by atoms with Crippen molar-refractivity contribution >= 4 is 33.9 Å². The van der Waals surface area contributed by atoms with E-state index in [2.05, 4.69) is 20.5 Å². The maximum atomic E-state index is 10.4. The van der Waals surface area contributed by atoms with E-state index in [0.717, 1.165) is 5.56 Å². The van der Waals surface area contributed by atoms with Crippen LogP contribution in [0.15, 0.2) is 18.2 Å². The van der Waals surface area contributed by atoms with Gasteiger partial charge in [-0.1, -0.05) is 6.07 Å². The van der Waals surface area contributed by atoms with Crippen LogP contribution in [0.1, 0.15) is 5.56 Å². The summed E-state index contributed by atoms with van der Waals surface area (Å²) >= 11 is -4.35. The Kier molecular flexibility index (Phi) is 5.47. The van der Waals surface area contributed by atoms with Crippen LogP contribution in [0.2, 0.25) is 0 Å². The number of benzene rings is 1. The normalized spacial score (nSPS) is 14.1. The fourth-order valence-corrected chi connectivity index (χ4v) is 1.44. The number of hydrazine groups is 2. The van der Waals surface area contributed by atoms with Crippen LogP contribution in [-0.2, 0) is 22.5 Å². The number of aryl methyl sites for hydroxylation is 1. The molecule has 2 atom stereocenters. The highest BCUT2D eigenvalue weighted by Crippen LogP contribution is 2.18. The molecule has 1 aromatic carbocycles. The Morgan fingerprint density at radius 2 is 1.65 bits per heavy atom. The first kappa shape index (κ1) is 14.0. The van der Waals surface area contributed by atoms with Gasteiger partial charge in [-0.25, -0.2) is 8.42 Å². The maximum Gasteiger partial charge on any atom is 0.250 e. The highest BCUT2D eigenvalue weighted by atomic mass is 32.2. The molecule has 0 bridgehead atoms. The Labute approximate surface area is 103 Å². The lowest BCUT2D eigenvalue weighted by atomic mass is 10.2. The third-order valence-corrected chi connectivity index (χ3v) is 2.35. The van der Waals surface area contributed by atoms with Crippen LogP contribution in [0.5, 0.6) is 0 Å². The van der Waals surface area contributed by atoms with Gasteiger partial charge >= 0.3 is 0 Å². The van der Waals surface area contributed by atoms with Gasteiger partial charge < -0.3 is 10.9 Å². The van der Waals surface area contributed by atoms with Crippen LogP contribution in [0.3, 0.4) is 0 Å². The first-order valence-corrected chi connectivity index (χ1v) is 6.56. The van der Waals surface area contributed by atoms with E-state index in [9.17, 15) is 8.42 Å². The Hall–Kier alpha value is -1.04. The monoisotopic (exact) mass is 280 g/mol. The molecule has 17 heavy (non-hydrogen) atoms. The molecule has 2 unspecified atom stereocenters. The quantitative estimate of drug-likeness (QED) is 0.324. The Bertz CT molecular complexity index is 442. The molecule has 1 rings (SSSR count). The lowest BCUT2D eigenvalue weighted by Crippen LogP contribution is -2.25. The number of rotatable bonds is 6. The Morgan fingerprint density at radius 3 is 2.24 bits per heavy atom. The minimum absolute atomic E-state index is 0.519. The van der Waals surface area contributed by atoms with Gasteiger partial charge in [-0.3, -0.25) is 9.11 Å². The lowest BCUT2D eigenvalue weighted by molar-refractivity contribution is 0.554. The summed E-state index contributed by atoms with van der Waals surface area (Å²) in [5, 5.41) is 0. The number of hydrogen-bond donors (Lipinski definition) is 6. The molecule has 0 radical (unpaired) electrons. The van der Waals surface area contributed by atoms with Crippen LogP contribution in [0, 0.1) is 6.92 Å². The molecule has 0 saturated carbocycles. The van der Waals surface area contributed by atoms with Crippen LogP contribution < -0.4 is 20.5 Å². The van der Waals surface area contributed by atoms with Gasteiger partial charge in [0, 0.05) is 0 Å². The molecular formula is C7H12N4O4S2. The summed E-state index contributed by atoms with van der Waals surface area (Å²) in [6, 6.07) is 5.00. The van der Waals surface area contributed by atoms with Crippen molar-refractivity contribution in [3.8, 4) is 0 Å². The minimum Gasteiger partial charge on any atom is -0.308 e. The van der Waals surface area contributed by atoms with Gasteiger partial charge in [-0.2, -0.15) is 0 Å². The molecule has 10 heteroatoms. The fourth-order valence-electron chi connectivity index (χ4n) is 1.04. The van der Waals surface area contributed by atoms with E-state index in [-0.39, 0.29) is 0 Å². The second-order valence-corrected chi connectivity index (χ2v) is 4.39. The molecule has 0 amide bonds. The SMILES string of the molecule is Cc1ccc(NNS(=O)O)cc1NNS(=O)O. The van der Waals surface area contributed by atoms with E-state index in [0.29, 0.717) is 11.4 Å². The average Bonchev–Trinajstić information content (AvgIpc) is 2.26. The molecule has 1 aromatic rings. The molecule has 96 valence electrons. The van der Waals surface area contributed by atoms with E-state index < -0.39 is 22.5 Å². The third-order valence-electron chi connectivity index (χ3n) is 1.79. The van der Waals surface area contributed by atoms with Crippen molar-refractivity contribution in [2.75, 3.05) is 10.9 Å². The van der Waals surface area contributed by atoms with Gasteiger partial charge in [0.15, 0.2) is 0 Å². The molecule has 0 fully saturated rings. The Morgan fingerprint density at radius 1 is 1.06 bits per heavy atom. The molecule has 0 aliphatic rings. The van der Waals surface area contributed by atoms with Crippen molar-refractivity contribution in [2.45, 2.75) is 6.92 Å². The highest BCUT2D eigenvalue weighted by Gasteiger charge is 2.01. The van der Waals surface area contributed by atoms with Gasteiger partial charge in [0.1, 0.15) is 0 Å². The van der Waals surface area contributed by atoms with E-state index >= 15 is 0 Å². The largest absolute Gasteiger partial charge is 0.308 e. The summed E-state index contributed by atoms with van der Waals surface area (Å²) < 4.78 is 37.9. The zero-order valence-electron chi connectivity index (χ0n) is 8.76. The van der Waals surface area contributed by atoms with Crippen LogP contribution in [0.25, 0.3) is 0 Å². The number of hydrogen-bond acceptors (Lipinski definition) is 4. The second kappa shape index (κ2) is 6.64. The van der Waals surface area contributed by atoms with E-state index in [1.165, 1.54) is 0 Å². The predicted molar refractivity (Wildman–Crippen MR) is 66.2 cm³/mol. The molecule has 0 aromatic heterocycles. The summed E-state index contributed by atoms with van der Waals surface area (Å²) in [5.74, 6) is 0.